The largest absolute Gasteiger partial charge is 0.355 e. The zero-order valence-electron chi connectivity index (χ0n) is 17.0. The van der Waals surface area contributed by atoms with Gasteiger partial charge < -0.3 is 19.3 Å². The van der Waals surface area contributed by atoms with Crippen LogP contribution in [0.1, 0.15) is 34.1 Å². The summed E-state index contributed by atoms with van der Waals surface area (Å²) in [6, 6.07) is 0.498. The Kier molecular flexibility index (Phi) is 5.41. The second-order valence-corrected chi connectivity index (χ2v) is 7.45. The molecule has 0 radical (unpaired) electrons. The average molecular weight is 372 g/mol. The van der Waals surface area contributed by atoms with E-state index in [-0.39, 0.29) is 11.7 Å². The Balaban J connectivity index is 1.83. The van der Waals surface area contributed by atoms with Gasteiger partial charge in [-0.1, -0.05) is 0 Å². The summed E-state index contributed by atoms with van der Waals surface area (Å²) in [6.45, 7) is 6.15. The van der Waals surface area contributed by atoms with Crippen molar-refractivity contribution in [2.45, 2.75) is 32.9 Å². The lowest BCUT2D eigenvalue weighted by molar-refractivity contribution is 0.0768. The molecular weight excluding hydrogens is 344 g/mol. The molecule has 3 heterocycles. The van der Waals surface area contributed by atoms with Crippen LogP contribution in [0.15, 0.2) is 6.33 Å². The molecular formula is C18H28N8O. The van der Waals surface area contributed by atoms with Crippen molar-refractivity contribution in [3.05, 3.63) is 29.2 Å². The predicted octanol–water partition coefficient (Wildman–Crippen LogP) is 0.634. The third-order valence-corrected chi connectivity index (χ3v) is 5.28. The number of hydrogen-bond donors (Lipinski definition) is 0. The SMILES string of the molecule is Cc1nc(C(=O)N(C)Cc2nncn2C)nc(N2CC[C@@H](N(C)C)C2)c1C. The second kappa shape index (κ2) is 7.59. The zero-order chi connectivity index (χ0) is 19.7. The Morgan fingerprint density at radius 2 is 2.00 bits per heavy atom. The zero-order valence-corrected chi connectivity index (χ0v) is 17.0. The third kappa shape index (κ3) is 3.92. The van der Waals surface area contributed by atoms with E-state index in [1.807, 2.05) is 20.9 Å². The number of amides is 1. The Morgan fingerprint density at radius 1 is 1.26 bits per heavy atom. The van der Waals surface area contributed by atoms with E-state index < -0.39 is 0 Å². The highest BCUT2D eigenvalue weighted by Crippen LogP contribution is 2.25. The number of rotatable bonds is 5. The van der Waals surface area contributed by atoms with Crippen LogP contribution in [-0.4, -0.2) is 80.7 Å². The van der Waals surface area contributed by atoms with Gasteiger partial charge in [0.25, 0.3) is 5.91 Å². The molecule has 0 aliphatic carbocycles. The maximum absolute atomic E-state index is 12.9. The number of hydrogen-bond acceptors (Lipinski definition) is 7. The van der Waals surface area contributed by atoms with Crippen LogP contribution in [0.5, 0.6) is 0 Å². The summed E-state index contributed by atoms with van der Waals surface area (Å²) in [4.78, 5) is 28.1. The molecule has 1 aliphatic rings. The van der Waals surface area contributed by atoms with E-state index in [1.54, 1.807) is 22.8 Å². The van der Waals surface area contributed by atoms with E-state index in [0.717, 1.165) is 36.6 Å². The maximum atomic E-state index is 12.9. The summed E-state index contributed by atoms with van der Waals surface area (Å²) in [6.07, 6.45) is 2.71. The molecule has 1 aliphatic heterocycles. The Morgan fingerprint density at radius 3 is 2.59 bits per heavy atom. The third-order valence-electron chi connectivity index (χ3n) is 5.28. The smallest absolute Gasteiger partial charge is 0.291 e. The number of anilines is 1. The van der Waals surface area contributed by atoms with Gasteiger partial charge in [0, 0.05) is 44.5 Å². The van der Waals surface area contributed by atoms with Gasteiger partial charge in [0.1, 0.15) is 12.1 Å². The molecule has 9 heteroatoms. The molecule has 0 bridgehead atoms. The lowest BCUT2D eigenvalue weighted by Gasteiger charge is -2.24. The fraction of sp³-hybridized carbons (Fsp3) is 0.611. The lowest BCUT2D eigenvalue weighted by Crippen LogP contribution is -2.33. The van der Waals surface area contributed by atoms with Crippen molar-refractivity contribution in [3.63, 3.8) is 0 Å². The summed E-state index contributed by atoms with van der Waals surface area (Å²) in [5.74, 6) is 1.59. The van der Waals surface area contributed by atoms with E-state index >= 15 is 0 Å². The summed E-state index contributed by atoms with van der Waals surface area (Å²) in [7, 11) is 7.78. The van der Waals surface area contributed by atoms with Crippen LogP contribution < -0.4 is 4.90 Å². The molecule has 0 spiro atoms. The Labute approximate surface area is 160 Å². The van der Waals surface area contributed by atoms with Crippen LogP contribution in [-0.2, 0) is 13.6 Å². The van der Waals surface area contributed by atoms with Crippen LogP contribution in [0.4, 0.5) is 5.82 Å². The predicted molar refractivity (Wildman–Crippen MR) is 103 cm³/mol. The summed E-state index contributed by atoms with van der Waals surface area (Å²) >= 11 is 0. The highest BCUT2D eigenvalue weighted by Gasteiger charge is 2.28. The van der Waals surface area contributed by atoms with Crippen molar-refractivity contribution in [3.8, 4) is 0 Å². The first-order valence-electron chi connectivity index (χ1n) is 9.13. The van der Waals surface area contributed by atoms with Crippen LogP contribution >= 0.6 is 0 Å². The van der Waals surface area contributed by atoms with Crippen molar-refractivity contribution in [1.82, 2.24) is 34.5 Å². The van der Waals surface area contributed by atoms with Crippen molar-refractivity contribution in [1.29, 1.82) is 0 Å². The van der Waals surface area contributed by atoms with Gasteiger partial charge >= 0.3 is 0 Å². The van der Waals surface area contributed by atoms with Gasteiger partial charge in [0.15, 0.2) is 5.82 Å². The number of aromatic nitrogens is 5. The molecule has 1 fully saturated rings. The molecule has 0 N–H and O–H groups in total. The quantitative estimate of drug-likeness (QED) is 0.761. The molecule has 1 saturated heterocycles. The van der Waals surface area contributed by atoms with Gasteiger partial charge in [-0.05, 0) is 34.4 Å². The summed E-state index contributed by atoms with van der Waals surface area (Å²) < 4.78 is 1.79. The standard InChI is InChI=1S/C18H28N8O/c1-12-13(2)20-16(18(27)24(5)10-15-22-19-11-25(15)6)21-17(12)26-8-7-14(9-26)23(3)4/h11,14H,7-10H2,1-6H3/t14-/m1/s1. The first-order chi connectivity index (χ1) is 12.8. The van der Waals surface area contributed by atoms with Crippen LogP contribution in [0.3, 0.4) is 0 Å². The molecule has 0 saturated carbocycles. The van der Waals surface area contributed by atoms with Gasteiger partial charge in [0.2, 0.25) is 5.82 Å². The number of aryl methyl sites for hydroxylation is 2. The highest BCUT2D eigenvalue weighted by atomic mass is 16.2. The maximum Gasteiger partial charge on any atom is 0.291 e. The van der Waals surface area contributed by atoms with E-state index in [1.165, 1.54) is 0 Å². The number of likely N-dealkylation sites (N-methyl/N-ethyl adjacent to an activating group) is 1. The van der Waals surface area contributed by atoms with E-state index in [0.29, 0.717) is 18.4 Å². The fourth-order valence-electron chi connectivity index (χ4n) is 3.28. The first kappa shape index (κ1) is 19.2. The molecule has 1 atom stereocenters. The average Bonchev–Trinajstić information content (AvgIpc) is 3.26. The van der Waals surface area contributed by atoms with Crippen molar-refractivity contribution in [2.75, 3.05) is 39.1 Å². The number of nitrogens with zero attached hydrogens (tertiary/aromatic N) is 8. The minimum atomic E-state index is -0.217. The Bertz CT molecular complexity index is 831. The highest BCUT2D eigenvalue weighted by molar-refractivity contribution is 5.90. The molecule has 2 aromatic heterocycles. The van der Waals surface area contributed by atoms with Crippen LogP contribution in [0, 0.1) is 13.8 Å². The second-order valence-electron chi connectivity index (χ2n) is 7.45. The van der Waals surface area contributed by atoms with E-state index in [4.69, 9.17) is 0 Å². The number of carbonyl (C=O) groups is 1. The monoisotopic (exact) mass is 372 g/mol. The summed E-state index contributed by atoms with van der Waals surface area (Å²) in [5, 5.41) is 7.89. The van der Waals surface area contributed by atoms with Gasteiger partial charge in [-0.15, -0.1) is 10.2 Å². The van der Waals surface area contributed by atoms with Gasteiger partial charge in [-0.2, -0.15) is 0 Å². The van der Waals surface area contributed by atoms with Crippen molar-refractivity contribution in [2.24, 2.45) is 7.05 Å². The molecule has 27 heavy (non-hydrogen) atoms. The number of carbonyl (C=O) groups excluding carboxylic acids is 1. The van der Waals surface area contributed by atoms with Crippen molar-refractivity contribution < 1.29 is 4.79 Å². The minimum absolute atomic E-state index is 0.217. The van der Waals surface area contributed by atoms with Gasteiger partial charge in [0.05, 0.1) is 6.54 Å². The molecule has 3 rings (SSSR count). The fourth-order valence-corrected chi connectivity index (χ4v) is 3.28. The van der Waals surface area contributed by atoms with Gasteiger partial charge in [-0.3, -0.25) is 4.79 Å². The molecule has 9 nitrogen and oxygen atoms in total. The van der Waals surface area contributed by atoms with Crippen molar-refractivity contribution >= 4 is 11.7 Å². The van der Waals surface area contributed by atoms with Gasteiger partial charge in [-0.25, -0.2) is 9.97 Å². The normalized spacial score (nSPS) is 17.0. The Hall–Kier alpha value is -2.55. The minimum Gasteiger partial charge on any atom is -0.355 e. The topological polar surface area (TPSA) is 83.3 Å². The van der Waals surface area contributed by atoms with Crippen LogP contribution in [0.25, 0.3) is 0 Å². The molecule has 1 amide bonds. The summed E-state index contributed by atoms with van der Waals surface area (Å²) in [5.41, 5.74) is 1.87. The molecule has 0 aromatic carbocycles. The molecule has 2 aromatic rings. The lowest BCUT2D eigenvalue weighted by atomic mass is 10.2. The molecule has 146 valence electrons. The van der Waals surface area contributed by atoms with Crippen LogP contribution in [0.2, 0.25) is 0 Å². The van der Waals surface area contributed by atoms with E-state index in [9.17, 15) is 4.79 Å². The van der Waals surface area contributed by atoms with E-state index in [2.05, 4.69) is 44.1 Å². The molecule has 0 unspecified atom stereocenters. The first-order valence-corrected chi connectivity index (χ1v) is 9.13.